The number of anilines is 1. The molecule has 2 fully saturated rings. The molecule has 0 aromatic carbocycles. The summed E-state index contributed by atoms with van der Waals surface area (Å²) in [6.07, 6.45) is 0. The summed E-state index contributed by atoms with van der Waals surface area (Å²) in [6.45, 7) is 8.13. The van der Waals surface area contributed by atoms with Crippen LogP contribution in [-0.4, -0.2) is 70.1 Å². The molecule has 136 valence electrons. The first kappa shape index (κ1) is 16.2. The lowest BCUT2D eigenvalue weighted by Crippen LogP contribution is -2.46. The molecule has 2 saturated heterocycles. The first-order valence-electron chi connectivity index (χ1n) is 9.11. The molecule has 5 heterocycles. The van der Waals surface area contributed by atoms with E-state index in [0.717, 1.165) is 62.2 Å². The van der Waals surface area contributed by atoms with Gasteiger partial charge in [0.15, 0.2) is 11.5 Å². The number of nitrogens with zero attached hydrogens (tertiary/aromatic N) is 6. The van der Waals surface area contributed by atoms with Gasteiger partial charge in [-0.3, -0.25) is 4.90 Å². The lowest BCUT2D eigenvalue weighted by Gasteiger charge is -2.34. The highest BCUT2D eigenvalue weighted by Gasteiger charge is 2.35. The summed E-state index contributed by atoms with van der Waals surface area (Å²) in [5.74, 6) is 2.42. The Kier molecular flexibility index (Phi) is 4.11. The second-order valence-electron chi connectivity index (χ2n) is 7.10. The van der Waals surface area contributed by atoms with E-state index >= 15 is 0 Å². The van der Waals surface area contributed by atoms with Crippen molar-refractivity contribution in [3.8, 4) is 11.4 Å². The smallest absolute Gasteiger partial charge is 0.186 e. The molecule has 0 amide bonds. The van der Waals surface area contributed by atoms with E-state index in [-0.39, 0.29) is 0 Å². The summed E-state index contributed by atoms with van der Waals surface area (Å²) >= 11 is 1.66. The quantitative estimate of drug-likeness (QED) is 0.703. The summed E-state index contributed by atoms with van der Waals surface area (Å²) in [7, 11) is 0. The average Bonchev–Trinajstić information content (AvgIpc) is 3.41. The number of fused-ring (bicyclic) bond motifs is 1. The Labute approximate surface area is 156 Å². The third-order valence-electron chi connectivity index (χ3n) is 5.44. The first-order valence-corrected chi connectivity index (χ1v) is 10.1. The molecule has 2 aliphatic rings. The molecule has 0 saturated carbocycles. The van der Waals surface area contributed by atoms with Crippen molar-refractivity contribution >= 4 is 22.8 Å². The molecular weight excluding hydrogens is 348 g/mol. The Hall–Kier alpha value is -2.03. The lowest BCUT2D eigenvalue weighted by atomic mass is 10.0. The zero-order valence-electron chi connectivity index (χ0n) is 14.8. The van der Waals surface area contributed by atoms with Crippen molar-refractivity contribution in [3.63, 3.8) is 0 Å². The number of morpholine rings is 1. The molecule has 0 radical (unpaired) electrons. The van der Waals surface area contributed by atoms with Crippen LogP contribution in [-0.2, 0) is 4.74 Å². The van der Waals surface area contributed by atoms with Crippen LogP contribution in [0.5, 0.6) is 0 Å². The van der Waals surface area contributed by atoms with E-state index in [4.69, 9.17) is 9.84 Å². The molecule has 2 unspecified atom stereocenters. The van der Waals surface area contributed by atoms with Gasteiger partial charge in [0.25, 0.3) is 0 Å². The van der Waals surface area contributed by atoms with Crippen LogP contribution in [0, 0.1) is 5.92 Å². The largest absolute Gasteiger partial charge is 0.379 e. The van der Waals surface area contributed by atoms with E-state index in [0.29, 0.717) is 12.0 Å². The van der Waals surface area contributed by atoms with Gasteiger partial charge in [0.2, 0.25) is 0 Å². The second kappa shape index (κ2) is 6.61. The molecular formula is C18H22N6OS. The Morgan fingerprint density at radius 3 is 2.81 bits per heavy atom. The van der Waals surface area contributed by atoms with Crippen molar-refractivity contribution in [3.05, 3.63) is 29.0 Å². The van der Waals surface area contributed by atoms with Crippen molar-refractivity contribution in [2.24, 2.45) is 5.92 Å². The van der Waals surface area contributed by atoms with Gasteiger partial charge in [-0.25, -0.2) is 0 Å². The third-order valence-corrected chi connectivity index (χ3v) is 6.12. The maximum atomic E-state index is 5.51. The van der Waals surface area contributed by atoms with Gasteiger partial charge in [0.1, 0.15) is 5.82 Å². The Bertz CT molecular complexity index is 888. The van der Waals surface area contributed by atoms with Gasteiger partial charge in [-0.15, -0.1) is 15.3 Å². The molecule has 3 aromatic heterocycles. The second-order valence-corrected chi connectivity index (χ2v) is 7.88. The van der Waals surface area contributed by atoms with Crippen molar-refractivity contribution in [2.45, 2.75) is 13.0 Å². The van der Waals surface area contributed by atoms with E-state index < -0.39 is 0 Å². The highest BCUT2D eigenvalue weighted by molar-refractivity contribution is 7.08. The summed E-state index contributed by atoms with van der Waals surface area (Å²) in [4.78, 5) is 4.96. The molecule has 3 aromatic rings. The van der Waals surface area contributed by atoms with Crippen molar-refractivity contribution < 1.29 is 4.74 Å². The number of thiophene rings is 1. The summed E-state index contributed by atoms with van der Waals surface area (Å²) in [5, 5.41) is 17.6. The van der Waals surface area contributed by atoms with Gasteiger partial charge in [-0.2, -0.15) is 15.9 Å². The number of rotatable bonds is 3. The average molecular weight is 370 g/mol. The standard InChI is InChI=1S/C18H22N6OS/c1-13-10-23(11-15(13)22-5-7-25-8-6-22)17-3-2-16-19-20-18(24(16)21-17)14-4-9-26-12-14/h2-4,9,12-13,15H,5-8,10-11H2,1H3. The third kappa shape index (κ3) is 2.78. The fraction of sp³-hybridized carbons (Fsp3) is 0.500. The van der Waals surface area contributed by atoms with Gasteiger partial charge in [-0.05, 0) is 29.5 Å². The van der Waals surface area contributed by atoms with Crippen LogP contribution in [0.1, 0.15) is 6.92 Å². The van der Waals surface area contributed by atoms with Crippen molar-refractivity contribution in [1.29, 1.82) is 0 Å². The van der Waals surface area contributed by atoms with Crippen LogP contribution in [0.25, 0.3) is 17.0 Å². The number of hydrogen-bond donors (Lipinski definition) is 0. The molecule has 26 heavy (non-hydrogen) atoms. The molecule has 2 atom stereocenters. The van der Waals surface area contributed by atoms with E-state index in [1.807, 2.05) is 10.6 Å². The summed E-state index contributed by atoms with van der Waals surface area (Å²) < 4.78 is 7.38. The number of aromatic nitrogens is 4. The highest BCUT2D eigenvalue weighted by atomic mass is 32.1. The summed E-state index contributed by atoms with van der Waals surface area (Å²) in [5.41, 5.74) is 1.85. The van der Waals surface area contributed by atoms with Crippen LogP contribution in [0.2, 0.25) is 0 Å². The van der Waals surface area contributed by atoms with E-state index in [9.17, 15) is 0 Å². The Balaban J connectivity index is 1.43. The van der Waals surface area contributed by atoms with Gasteiger partial charge >= 0.3 is 0 Å². The first-order chi connectivity index (χ1) is 12.8. The molecule has 7 nitrogen and oxygen atoms in total. The summed E-state index contributed by atoms with van der Waals surface area (Å²) in [6, 6.07) is 6.70. The predicted octanol–water partition coefficient (Wildman–Crippen LogP) is 2.01. The van der Waals surface area contributed by atoms with E-state index in [1.54, 1.807) is 11.3 Å². The maximum Gasteiger partial charge on any atom is 0.186 e. The highest BCUT2D eigenvalue weighted by Crippen LogP contribution is 2.27. The Morgan fingerprint density at radius 2 is 2.00 bits per heavy atom. The minimum atomic E-state index is 0.564. The van der Waals surface area contributed by atoms with E-state index in [1.165, 1.54) is 0 Å². The van der Waals surface area contributed by atoms with Crippen LogP contribution in [0.4, 0.5) is 5.82 Å². The number of hydrogen-bond acceptors (Lipinski definition) is 7. The van der Waals surface area contributed by atoms with Crippen LogP contribution in [0.3, 0.4) is 0 Å². The minimum absolute atomic E-state index is 0.564. The fourth-order valence-corrected chi connectivity index (χ4v) is 4.68. The van der Waals surface area contributed by atoms with Crippen LogP contribution < -0.4 is 4.90 Å². The molecule has 0 N–H and O–H groups in total. The van der Waals surface area contributed by atoms with Crippen molar-refractivity contribution in [2.75, 3.05) is 44.3 Å². The molecule has 2 aliphatic heterocycles. The topological polar surface area (TPSA) is 58.8 Å². The molecule has 0 bridgehead atoms. The van der Waals surface area contributed by atoms with Gasteiger partial charge in [0, 0.05) is 43.2 Å². The normalized spacial score (nSPS) is 24.6. The lowest BCUT2D eigenvalue weighted by molar-refractivity contribution is 0.0134. The molecule has 5 rings (SSSR count). The molecule has 0 aliphatic carbocycles. The maximum absolute atomic E-state index is 5.51. The SMILES string of the molecule is CC1CN(c2ccc3nnc(-c4ccsc4)n3n2)CC1N1CCOCC1. The van der Waals surface area contributed by atoms with Gasteiger partial charge in [0.05, 0.1) is 13.2 Å². The fourth-order valence-electron chi connectivity index (χ4n) is 4.04. The number of ether oxygens (including phenoxy) is 1. The molecule has 8 heteroatoms. The van der Waals surface area contributed by atoms with E-state index in [2.05, 4.69) is 49.8 Å². The van der Waals surface area contributed by atoms with Gasteiger partial charge < -0.3 is 9.64 Å². The van der Waals surface area contributed by atoms with Crippen LogP contribution in [0.15, 0.2) is 29.0 Å². The predicted molar refractivity (Wildman–Crippen MR) is 102 cm³/mol. The van der Waals surface area contributed by atoms with Crippen LogP contribution >= 0.6 is 11.3 Å². The van der Waals surface area contributed by atoms with Crippen molar-refractivity contribution in [1.82, 2.24) is 24.7 Å². The zero-order chi connectivity index (χ0) is 17.5. The molecule has 0 spiro atoms. The monoisotopic (exact) mass is 370 g/mol. The van der Waals surface area contributed by atoms with Gasteiger partial charge in [-0.1, -0.05) is 6.92 Å². The minimum Gasteiger partial charge on any atom is -0.379 e. The Morgan fingerprint density at radius 1 is 1.12 bits per heavy atom. The zero-order valence-corrected chi connectivity index (χ0v) is 15.6.